The molecule has 1 aromatic carbocycles. The molecule has 1 amide bonds. The minimum atomic E-state index is -1.33. The van der Waals surface area contributed by atoms with E-state index in [0.717, 1.165) is 23.5 Å². The molecule has 4 aromatic rings. The first-order chi connectivity index (χ1) is 14.7. The zero-order valence-electron chi connectivity index (χ0n) is 16.3. The summed E-state index contributed by atoms with van der Waals surface area (Å²) >= 11 is 1.67. The number of hydrogen-bond donors (Lipinski definition) is 1. The second kappa shape index (κ2) is 9.69. The van der Waals surface area contributed by atoms with Crippen molar-refractivity contribution in [3.63, 3.8) is 0 Å². The first-order valence-corrected chi connectivity index (χ1v) is 12.0. The fourth-order valence-electron chi connectivity index (χ4n) is 3.19. The predicted molar refractivity (Wildman–Crippen MR) is 121 cm³/mol. The highest BCUT2D eigenvalue weighted by Gasteiger charge is 2.17. The molecule has 0 saturated carbocycles. The summed E-state index contributed by atoms with van der Waals surface area (Å²) in [6.45, 7) is 0.553. The highest BCUT2D eigenvalue weighted by atomic mass is 32.2. The zero-order valence-corrected chi connectivity index (χ0v) is 17.9. The minimum Gasteiger partial charge on any atom is -0.355 e. The van der Waals surface area contributed by atoms with Crippen LogP contribution in [0.1, 0.15) is 10.4 Å². The van der Waals surface area contributed by atoms with Crippen molar-refractivity contribution in [3.8, 4) is 11.5 Å². The first-order valence-electron chi connectivity index (χ1n) is 9.60. The summed E-state index contributed by atoms with van der Waals surface area (Å²) in [5.74, 6) is 0.880. The van der Waals surface area contributed by atoms with Gasteiger partial charge < -0.3 is 9.88 Å². The van der Waals surface area contributed by atoms with Crippen molar-refractivity contribution in [3.05, 3.63) is 89.0 Å². The Hall–Kier alpha value is -2.97. The molecule has 3 heterocycles. The van der Waals surface area contributed by atoms with E-state index in [-0.39, 0.29) is 17.4 Å². The molecule has 0 radical (unpaired) electrons. The van der Waals surface area contributed by atoms with E-state index in [2.05, 4.69) is 10.4 Å². The van der Waals surface area contributed by atoms with E-state index >= 15 is 0 Å². The van der Waals surface area contributed by atoms with Crippen LogP contribution >= 0.6 is 11.3 Å². The Bertz CT molecular complexity index is 1100. The lowest BCUT2D eigenvalue weighted by atomic mass is 10.3. The second-order valence-electron chi connectivity index (χ2n) is 6.74. The van der Waals surface area contributed by atoms with Crippen molar-refractivity contribution in [1.29, 1.82) is 0 Å². The summed E-state index contributed by atoms with van der Waals surface area (Å²) in [7, 11) is -1.33. The summed E-state index contributed by atoms with van der Waals surface area (Å²) in [5, 5.41) is 9.39. The molecule has 0 saturated heterocycles. The van der Waals surface area contributed by atoms with Crippen molar-refractivity contribution < 1.29 is 9.00 Å². The van der Waals surface area contributed by atoms with Crippen LogP contribution in [0.5, 0.6) is 0 Å². The molecule has 8 heteroatoms. The molecule has 1 N–H and O–H groups in total. The minimum absolute atomic E-state index is 0.0217. The van der Waals surface area contributed by atoms with Gasteiger partial charge in [0, 0.05) is 40.2 Å². The number of thiophene rings is 1. The molecule has 0 aliphatic rings. The smallest absolute Gasteiger partial charge is 0.232 e. The molecule has 0 aliphatic carbocycles. The lowest BCUT2D eigenvalue weighted by Crippen LogP contribution is -2.30. The molecular formula is C22H22N4O2S2. The number of para-hydroxylation sites is 1. The maximum absolute atomic E-state index is 12.7. The van der Waals surface area contributed by atoms with Crippen LogP contribution in [0.15, 0.2) is 78.6 Å². The zero-order chi connectivity index (χ0) is 20.8. The van der Waals surface area contributed by atoms with Crippen LogP contribution in [0.2, 0.25) is 0 Å². The van der Waals surface area contributed by atoms with E-state index in [1.165, 1.54) is 4.88 Å². The van der Waals surface area contributed by atoms with Crippen molar-refractivity contribution in [2.45, 2.75) is 12.2 Å². The van der Waals surface area contributed by atoms with Gasteiger partial charge in [-0.05, 0) is 42.1 Å². The van der Waals surface area contributed by atoms with Crippen molar-refractivity contribution in [1.82, 2.24) is 19.7 Å². The first kappa shape index (κ1) is 20.3. The van der Waals surface area contributed by atoms with E-state index in [0.29, 0.717) is 6.54 Å². The van der Waals surface area contributed by atoms with E-state index in [1.807, 2.05) is 81.6 Å². The predicted octanol–water partition coefficient (Wildman–Crippen LogP) is 3.33. The second-order valence-corrected chi connectivity index (χ2v) is 9.23. The summed E-state index contributed by atoms with van der Waals surface area (Å²) in [6, 6.07) is 17.7. The number of carbonyl (C=O) groups excluding carboxylic acids is 1. The van der Waals surface area contributed by atoms with Crippen LogP contribution < -0.4 is 5.32 Å². The van der Waals surface area contributed by atoms with Crippen LogP contribution in [0.3, 0.4) is 0 Å². The number of hydrogen-bond acceptors (Lipinski definition) is 4. The van der Waals surface area contributed by atoms with Gasteiger partial charge >= 0.3 is 0 Å². The molecule has 1 atom stereocenters. The largest absolute Gasteiger partial charge is 0.355 e. The van der Waals surface area contributed by atoms with Crippen molar-refractivity contribution >= 4 is 28.0 Å². The van der Waals surface area contributed by atoms with Crippen LogP contribution in [-0.4, -0.2) is 36.8 Å². The van der Waals surface area contributed by atoms with Gasteiger partial charge in [-0.1, -0.05) is 24.3 Å². The van der Waals surface area contributed by atoms with Gasteiger partial charge in [-0.3, -0.25) is 9.00 Å². The molecule has 0 fully saturated rings. The molecule has 154 valence electrons. The highest BCUT2D eigenvalue weighted by molar-refractivity contribution is 7.84. The Morgan fingerprint density at radius 1 is 1.07 bits per heavy atom. The number of benzene rings is 1. The molecule has 30 heavy (non-hydrogen) atoms. The summed E-state index contributed by atoms with van der Waals surface area (Å²) < 4.78 is 16.5. The summed E-state index contributed by atoms with van der Waals surface area (Å²) in [4.78, 5) is 13.4. The van der Waals surface area contributed by atoms with E-state index in [4.69, 9.17) is 0 Å². The lowest BCUT2D eigenvalue weighted by molar-refractivity contribution is -0.118. The van der Waals surface area contributed by atoms with Crippen molar-refractivity contribution in [2.75, 3.05) is 12.3 Å². The maximum atomic E-state index is 12.7. The summed E-state index contributed by atoms with van der Waals surface area (Å²) in [6.07, 6.45) is 6.38. The van der Waals surface area contributed by atoms with Gasteiger partial charge in [0.15, 0.2) is 0 Å². The Morgan fingerprint density at radius 3 is 2.60 bits per heavy atom. The number of nitrogens with one attached hydrogen (secondary N) is 1. The lowest BCUT2D eigenvalue weighted by Gasteiger charge is -2.11. The Morgan fingerprint density at radius 2 is 1.87 bits per heavy atom. The Balaban J connectivity index is 1.43. The fourth-order valence-corrected chi connectivity index (χ4v) is 4.94. The third-order valence-electron chi connectivity index (χ3n) is 4.55. The fraction of sp³-hybridized carbons (Fsp3) is 0.182. The number of carbonyl (C=O) groups is 1. The van der Waals surface area contributed by atoms with Gasteiger partial charge in [-0.15, -0.1) is 11.3 Å². The van der Waals surface area contributed by atoms with Crippen molar-refractivity contribution in [2.24, 2.45) is 0 Å². The third kappa shape index (κ3) is 4.95. The normalized spacial score (nSPS) is 12.0. The Kier molecular flexibility index (Phi) is 6.56. The molecule has 0 unspecified atom stereocenters. The van der Waals surface area contributed by atoms with Gasteiger partial charge in [0.05, 0.1) is 17.6 Å². The number of nitrogens with zero attached hydrogens (tertiary/aromatic N) is 3. The van der Waals surface area contributed by atoms with Crippen LogP contribution in [-0.2, 0) is 27.8 Å². The Labute approximate surface area is 181 Å². The highest BCUT2D eigenvalue weighted by Crippen LogP contribution is 2.21. The van der Waals surface area contributed by atoms with Gasteiger partial charge in [0.1, 0.15) is 11.6 Å². The average Bonchev–Trinajstić information content (AvgIpc) is 3.50. The molecule has 6 nitrogen and oxygen atoms in total. The van der Waals surface area contributed by atoms with Gasteiger partial charge in [-0.25, -0.2) is 4.68 Å². The molecule has 3 aromatic heterocycles. The number of amides is 1. The van der Waals surface area contributed by atoms with Gasteiger partial charge in [0.25, 0.3) is 0 Å². The molecule has 0 bridgehead atoms. The maximum Gasteiger partial charge on any atom is 0.232 e. The molecular weight excluding hydrogens is 416 g/mol. The molecule has 4 rings (SSSR count). The third-order valence-corrected chi connectivity index (χ3v) is 6.70. The quantitative estimate of drug-likeness (QED) is 0.436. The van der Waals surface area contributed by atoms with E-state index in [1.54, 1.807) is 17.5 Å². The SMILES string of the molecule is O=C(C[S@@](=O)Cc1cnn(-c2ccccc2)c1-n1cccc1)NCCc1cccs1. The standard InChI is InChI=1S/C22H22N4O2S2/c27-21(23-11-10-20-9-6-14-29-20)17-30(28)16-18-15-24-26(19-7-2-1-3-8-19)22(18)25-12-4-5-13-25/h1-9,12-15H,10-11,16-17H2,(H,23,27)/t30-/m0/s1. The molecule has 0 spiro atoms. The van der Waals surface area contributed by atoms with Crippen LogP contribution in [0.25, 0.3) is 11.5 Å². The van der Waals surface area contributed by atoms with Crippen LogP contribution in [0, 0.1) is 0 Å². The number of aromatic nitrogens is 3. The summed E-state index contributed by atoms with van der Waals surface area (Å²) in [5.41, 5.74) is 1.75. The van der Waals surface area contributed by atoms with Gasteiger partial charge in [0.2, 0.25) is 5.91 Å². The monoisotopic (exact) mass is 438 g/mol. The van der Waals surface area contributed by atoms with E-state index < -0.39 is 10.8 Å². The average molecular weight is 439 g/mol. The van der Waals surface area contributed by atoms with E-state index in [9.17, 15) is 9.00 Å². The number of rotatable bonds is 9. The van der Waals surface area contributed by atoms with Gasteiger partial charge in [-0.2, -0.15) is 5.10 Å². The van der Waals surface area contributed by atoms with Crippen LogP contribution in [0.4, 0.5) is 0 Å². The topological polar surface area (TPSA) is 68.9 Å². The molecule has 0 aliphatic heterocycles.